The molecule has 0 aromatic heterocycles. The fourth-order valence-electron chi connectivity index (χ4n) is 3.55. The van der Waals surface area contributed by atoms with Crippen molar-refractivity contribution in [3.8, 4) is 0 Å². The molecule has 3 rings (SSSR count). The van der Waals surface area contributed by atoms with Gasteiger partial charge in [0.15, 0.2) is 6.61 Å². The summed E-state index contributed by atoms with van der Waals surface area (Å²) in [6, 6.07) is 4.33. The van der Waals surface area contributed by atoms with Crippen molar-refractivity contribution in [1.82, 2.24) is 10.2 Å². The molecule has 33 heavy (non-hydrogen) atoms. The van der Waals surface area contributed by atoms with Gasteiger partial charge in [0, 0.05) is 39.6 Å². The molecule has 1 N–H and O–H groups in total. The standard InChI is InChI=1S/C20H25F3N4O5S/c1-12(28)31-11-17(29)26-6-4-25(5-7-26)16-3-2-13(8-15(16)21)27-10-14(32-20(27)30)9-24-19(33)18(22)23/h2-3,8,14,18-19,24,33H,4-7,9-11H2,1H3. The summed E-state index contributed by atoms with van der Waals surface area (Å²) in [6.07, 6.45) is -4.04. The lowest BCUT2D eigenvalue weighted by atomic mass is 10.2. The first kappa shape index (κ1) is 25.0. The Balaban J connectivity index is 1.55. The zero-order valence-corrected chi connectivity index (χ0v) is 18.8. The number of carbonyl (C=O) groups excluding carboxylic acids is 3. The Morgan fingerprint density at radius 2 is 1.97 bits per heavy atom. The summed E-state index contributed by atoms with van der Waals surface area (Å²) in [7, 11) is 0. The fraction of sp³-hybridized carbons (Fsp3) is 0.550. The number of benzene rings is 1. The molecular formula is C20H25F3N4O5S. The van der Waals surface area contributed by atoms with Gasteiger partial charge in [0.05, 0.1) is 17.9 Å². The molecule has 9 nitrogen and oxygen atoms in total. The molecule has 182 valence electrons. The van der Waals surface area contributed by atoms with E-state index in [4.69, 9.17) is 9.47 Å². The number of thiol groups is 1. The Morgan fingerprint density at radius 3 is 2.58 bits per heavy atom. The first-order chi connectivity index (χ1) is 15.7. The number of esters is 1. The van der Waals surface area contributed by atoms with Crippen LogP contribution in [0.25, 0.3) is 0 Å². The lowest BCUT2D eigenvalue weighted by molar-refractivity contribution is -0.150. The lowest BCUT2D eigenvalue weighted by Gasteiger charge is -2.36. The van der Waals surface area contributed by atoms with Crippen LogP contribution in [-0.2, 0) is 19.1 Å². The molecule has 2 fully saturated rings. The van der Waals surface area contributed by atoms with Crippen LogP contribution < -0.4 is 15.1 Å². The predicted octanol–water partition coefficient (Wildman–Crippen LogP) is 1.47. The minimum Gasteiger partial charge on any atom is -0.456 e. The highest BCUT2D eigenvalue weighted by atomic mass is 32.1. The summed E-state index contributed by atoms with van der Waals surface area (Å²) in [4.78, 5) is 39.6. The van der Waals surface area contributed by atoms with E-state index in [1.165, 1.54) is 17.9 Å². The molecule has 1 aromatic rings. The average Bonchev–Trinajstić information content (AvgIpc) is 3.16. The van der Waals surface area contributed by atoms with Crippen LogP contribution in [0.4, 0.5) is 29.3 Å². The average molecular weight is 491 g/mol. The molecule has 0 bridgehead atoms. The number of hydrogen-bond acceptors (Lipinski definition) is 8. The molecule has 0 aliphatic carbocycles. The van der Waals surface area contributed by atoms with Crippen LogP contribution in [0.1, 0.15) is 6.92 Å². The van der Waals surface area contributed by atoms with Crippen molar-refractivity contribution in [2.45, 2.75) is 24.8 Å². The molecule has 2 heterocycles. The number of carbonyl (C=O) groups is 3. The monoisotopic (exact) mass is 490 g/mol. The van der Waals surface area contributed by atoms with Gasteiger partial charge in [-0.3, -0.25) is 19.8 Å². The minimum absolute atomic E-state index is 0.0121. The number of rotatable bonds is 8. The van der Waals surface area contributed by atoms with Gasteiger partial charge in [0.1, 0.15) is 17.3 Å². The topological polar surface area (TPSA) is 91.4 Å². The molecule has 2 atom stereocenters. The summed E-state index contributed by atoms with van der Waals surface area (Å²) in [6.45, 7) is 2.43. The smallest absolute Gasteiger partial charge is 0.414 e. The van der Waals surface area contributed by atoms with Crippen LogP contribution in [0.15, 0.2) is 18.2 Å². The van der Waals surface area contributed by atoms with Crippen molar-refractivity contribution >= 4 is 42.0 Å². The highest BCUT2D eigenvalue weighted by Gasteiger charge is 2.33. The Hall–Kier alpha value is -2.67. The van der Waals surface area contributed by atoms with Crippen molar-refractivity contribution in [3.05, 3.63) is 24.0 Å². The lowest BCUT2D eigenvalue weighted by Crippen LogP contribution is -2.50. The number of piperazine rings is 1. The van der Waals surface area contributed by atoms with Gasteiger partial charge in [-0.1, -0.05) is 0 Å². The van der Waals surface area contributed by atoms with E-state index >= 15 is 0 Å². The number of nitrogens with zero attached hydrogens (tertiary/aromatic N) is 3. The van der Waals surface area contributed by atoms with Crippen LogP contribution >= 0.6 is 12.6 Å². The minimum atomic E-state index is -2.67. The van der Waals surface area contributed by atoms with Gasteiger partial charge < -0.3 is 19.3 Å². The van der Waals surface area contributed by atoms with Gasteiger partial charge in [-0.2, -0.15) is 12.6 Å². The van der Waals surface area contributed by atoms with Crippen LogP contribution in [0.2, 0.25) is 0 Å². The molecule has 0 saturated carbocycles. The van der Waals surface area contributed by atoms with Crippen LogP contribution in [0.5, 0.6) is 0 Å². The Morgan fingerprint density at radius 1 is 1.27 bits per heavy atom. The number of halogens is 3. The van der Waals surface area contributed by atoms with E-state index in [0.717, 1.165) is 0 Å². The largest absolute Gasteiger partial charge is 0.456 e. The Kier molecular flexibility index (Phi) is 8.30. The summed E-state index contributed by atoms with van der Waals surface area (Å²) in [5, 5.41) is 1.14. The number of amides is 2. The number of alkyl halides is 2. The molecule has 2 aliphatic rings. The van der Waals surface area contributed by atoms with E-state index in [-0.39, 0.29) is 31.3 Å². The summed E-state index contributed by atoms with van der Waals surface area (Å²) >= 11 is 3.71. The third-order valence-corrected chi connectivity index (χ3v) is 5.69. The van der Waals surface area contributed by atoms with Gasteiger partial charge in [-0.05, 0) is 18.2 Å². The van der Waals surface area contributed by atoms with Crippen molar-refractivity contribution in [2.24, 2.45) is 0 Å². The van der Waals surface area contributed by atoms with Crippen LogP contribution in [0, 0.1) is 5.82 Å². The van der Waals surface area contributed by atoms with Crippen molar-refractivity contribution < 1.29 is 37.0 Å². The maximum absolute atomic E-state index is 14.9. The highest BCUT2D eigenvalue weighted by molar-refractivity contribution is 7.80. The quantitative estimate of drug-likeness (QED) is 0.324. The fourth-order valence-corrected chi connectivity index (χ4v) is 3.66. The van der Waals surface area contributed by atoms with Gasteiger partial charge in [-0.25, -0.2) is 18.0 Å². The highest BCUT2D eigenvalue weighted by Crippen LogP contribution is 2.28. The molecule has 2 amide bonds. The van der Waals surface area contributed by atoms with Crippen molar-refractivity contribution in [3.63, 3.8) is 0 Å². The SMILES string of the molecule is CC(=O)OCC(=O)N1CCN(c2ccc(N3CC(CNC(S)C(F)F)OC3=O)cc2F)CC1. The second-order valence-corrected chi connectivity index (χ2v) is 8.14. The van der Waals surface area contributed by atoms with Gasteiger partial charge in [0.25, 0.3) is 12.3 Å². The van der Waals surface area contributed by atoms with E-state index in [0.29, 0.717) is 31.9 Å². The number of anilines is 2. The van der Waals surface area contributed by atoms with Crippen LogP contribution in [0.3, 0.4) is 0 Å². The summed E-state index contributed by atoms with van der Waals surface area (Å²) in [5.41, 5.74) is 0.613. The van der Waals surface area contributed by atoms with E-state index in [1.54, 1.807) is 21.9 Å². The van der Waals surface area contributed by atoms with Crippen molar-refractivity contribution in [1.29, 1.82) is 0 Å². The second-order valence-electron chi connectivity index (χ2n) is 7.59. The molecule has 1 aromatic carbocycles. The molecule has 2 saturated heterocycles. The summed E-state index contributed by atoms with van der Waals surface area (Å²) in [5.74, 6) is -1.39. The van der Waals surface area contributed by atoms with E-state index in [2.05, 4.69) is 17.9 Å². The molecule has 13 heteroatoms. The third kappa shape index (κ3) is 6.44. The van der Waals surface area contributed by atoms with Crippen LogP contribution in [-0.4, -0.2) is 86.6 Å². The second kappa shape index (κ2) is 11.0. The first-order valence-electron chi connectivity index (χ1n) is 10.3. The van der Waals surface area contributed by atoms with Gasteiger partial charge >= 0.3 is 12.1 Å². The maximum atomic E-state index is 14.9. The molecule has 0 spiro atoms. The van der Waals surface area contributed by atoms with E-state index in [9.17, 15) is 27.6 Å². The van der Waals surface area contributed by atoms with E-state index in [1.807, 2.05) is 0 Å². The molecule has 2 aliphatic heterocycles. The number of cyclic esters (lactones) is 1. The first-order valence-corrected chi connectivity index (χ1v) is 10.8. The van der Waals surface area contributed by atoms with Crippen molar-refractivity contribution in [2.75, 3.05) is 55.7 Å². The molecule has 0 radical (unpaired) electrons. The number of hydrogen-bond donors (Lipinski definition) is 2. The molecule has 2 unspecified atom stereocenters. The summed E-state index contributed by atoms with van der Waals surface area (Å²) < 4.78 is 49.8. The number of ether oxygens (including phenoxy) is 2. The third-order valence-electron chi connectivity index (χ3n) is 5.28. The zero-order valence-electron chi connectivity index (χ0n) is 17.9. The Labute approximate surface area is 194 Å². The predicted molar refractivity (Wildman–Crippen MR) is 116 cm³/mol. The number of nitrogens with one attached hydrogen (secondary N) is 1. The van der Waals surface area contributed by atoms with E-state index < -0.39 is 35.8 Å². The van der Waals surface area contributed by atoms with Gasteiger partial charge in [-0.15, -0.1) is 0 Å². The Bertz CT molecular complexity index is 885. The van der Waals surface area contributed by atoms with Gasteiger partial charge in [0.2, 0.25) is 0 Å². The normalized spacial score (nSPS) is 19.6. The molecular weight excluding hydrogens is 465 g/mol. The zero-order chi connectivity index (χ0) is 24.1. The maximum Gasteiger partial charge on any atom is 0.414 e.